The van der Waals surface area contributed by atoms with Crippen LogP contribution >= 0.6 is 0 Å². The minimum atomic E-state index is -3.79. The molecule has 0 aliphatic heterocycles. The molecule has 8 nitrogen and oxygen atoms in total. The quantitative estimate of drug-likeness (QED) is 0.542. The molecule has 0 spiro atoms. The number of nitrogens with one attached hydrogen (secondary N) is 3. The van der Waals surface area contributed by atoms with Crippen molar-refractivity contribution in [2.24, 2.45) is 5.14 Å². The van der Waals surface area contributed by atoms with Gasteiger partial charge in [0.25, 0.3) is 0 Å². The second kappa shape index (κ2) is 6.46. The molecule has 0 fully saturated rings. The molecule has 0 amide bonds. The van der Waals surface area contributed by atoms with Crippen molar-refractivity contribution >= 4 is 38.2 Å². The zero-order valence-electron chi connectivity index (χ0n) is 13.1. The van der Waals surface area contributed by atoms with Gasteiger partial charge in [-0.25, -0.2) is 23.5 Å². The zero-order valence-corrected chi connectivity index (χ0v) is 13.9. The van der Waals surface area contributed by atoms with E-state index in [0.717, 1.165) is 24.0 Å². The van der Waals surface area contributed by atoms with Crippen LogP contribution < -0.4 is 15.8 Å². The second-order valence-electron chi connectivity index (χ2n) is 5.27. The fraction of sp³-hybridized carbons (Fsp3) is 0.200. The maximum Gasteiger partial charge on any atom is 0.238 e. The number of hydrogen-bond donors (Lipinski definition) is 4. The molecule has 5 N–H and O–H groups in total. The molecule has 126 valence electrons. The van der Waals surface area contributed by atoms with Gasteiger partial charge in [0.15, 0.2) is 0 Å². The van der Waals surface area contributed by atoms with Gasteiger partial charge in [0, 0.05) is 12.7 Å². The lowest BCUT2D eigenvalue weighted by atomic mass is 10.2. The molecule has 24 heavy (non-hydrogen) atoms. The molecule has 0 aliphatic carbocycles. The van der Waals surface area contributed by atoms with Gasteiger partial charge in [-0.05, 0) is 30.7 Å². The van der Waals surface area contributed by atoms with Crippen LogP contribution in [-0.4, -0.2) is 29.9 Å². The number of hydrogen-bond acceptors (Lipinski definition) is 6. The number of rotatable bonds is 6. The first kappa shape index (κ1) is 16.2. The number of aromatic nitrogens is 3. The van der Waals surface area contributed by atoms with Crippen LogP contribution in [0.4, 0.5) is 17.2 Å². The molecule has 2 aromatic heterocycles. The number of nitrogens with zero attached hydrogens (tertiary/aromatic N) is 2. The van der Waals surface area contributed by atoms with Crippen LogP contribution in [0, 0.1) is 0 Å². The van der Waals surface area contributed by atoms with Crippen LogP contribution in [0.3, 0.4) is 0 Å². The van der Waals surface area contributed by atoms with Crippen molar-refractivity contribution in [1.82, 2.24) is 15.0 Å². The number of H-pyrrole nitrogens is 1. The predicted octanol–water partition coefficient (Wildman–Crippen LogP) is 2.17. The lowest BCUT2D eigenvalue weighted by Crippen LogP contribution is -2.13. The van der Waals surface area contributed by atoms with E-state index >= 15 is 0 Å². The molecular formula is C15H18N6O2S. The van der Waals surface area contributed by atoms with E-state index < -0.39 is 10.0 Å². The van der Waals surface area contributed by atoms with Crippen molar-refractivity contribution in [2.45, 2.75) is 18.2 Å². The number of sulfonamides is 1. The maximum atomic E-state index is 11.6. The Kier molecular flexibility index (Phi) is 4.36. The molecule has 3 rings (SSSR count). The lowest BCUT2D eigenvalue weighted by Gasteiger charge is -2.14. The fourth-order valence-electron chi connectivity index (χ4n) is 2.32. The summed E-state index contributed by atoms with van der Waals surface area (Å²) in [5.74, 6) is 0.576. The van der Waals surface area contributed by atoms with Gasteiger partial charge in [0.05, 0.1) is 21.7 Å². The summed E-state index contributed by atoms with van der Waals surface area (Å²) < 4.78 is 23.3. The predicted molar refractivity (Wildman–Crippen MR) is 93.8 cm³/mol. The molecule has 0 aliphatic rings. The Hall–Kier alpha value is -2.65. The third kappa shape index (κ3) is 3.31. The molecule has 0 atom stereocenters. The van der Waals surface area contributed by atoms with Gasteiger partial charge in [-0.1, -0.05) is 6.92 Å². The third-order valence-corrected chi connectivity index (χ3v) is 4.40. The van der Waals surface area contributed by atoms with Crippen molar-refractivity contribution in [2.75, 3.05) is 17.2 Å². The Balaban J connectivity index is 2.05. The van der Waals surface area contributed by atoms with Crippen LogP contribution in [0.1, 0.15) is 13.3 Å². The van der Waals surface area contributed by atoms with Gasteiger partial charge in [-0.3, -0.25) is 0 Å². The Morgan fingerprint density at radius 1 is 1.21 bits per heavy atom. The number of aromatic amines is 1. The molecule has 0 radical (unpaired) electrons. The summed E-state index contributed by atoms with van der Waals surface area (Å²) in [5, 5.41) is 12.5. The number of anilines is 3. The Bertz CT molecular complexity index is 967. The molecule has 2 heterocycles. The maximum absolute atomic E-state index is 11.6. The van der Waals surface area contributed by atoms with Gasteiger partial charge in [0.2, 0.25) is 10.0 Å². The topological polar surface area (TPSA) is 126 Å². The van der Waals surface area contributed by atoms with E-state index in [0.29, 0.717) is 17.2 Å². The van der Waals surface area contributed by atoms with Crippen LogP contribution in [0.25, 0.3) is 11.0 Å². The Morgan fingerprint density at radius 2 is 2.04 bits per heavy atom. The highest BCUT2D eigenvalue weighted by Crippen LogP contribution is 2.30. The van der Waals surface area contributed by atoms with E-state index in [1.165, 1.54) is 18.5 Å². The van der Waals surface area contributed by atoms with Crippen molar-refractivity contribution in [1.29, 1.82) is 0 Å². The third-order valence-electron chi connectivity index (χ3n) is 3.49. The summed E-state index contributed by atoms with van der Waals surface area (Å²) in [7, 11) is -3.79. The normalized spacial score (nSPS) is 11.6. The first-order chi connectivity index (χ1) is 11.5. The van der Waals surface area contributed by atoms with E-state index in [-0.39, 0.29) is 4.90 Å². The number of nitrogens with two attached hydrogens (primary N) is 1. The van der Waals surface area contributed by atoms with Gasteiger partial charge in [-0.2, -0.15) is 0 Å². The van der Waals surface area contributed by atoms with Gasteiger partial charge < -0.3 is 15.6 Å². The fourth-order valence-corrected chi connectivity index (χ4v) is 2.86. The number of fused-ring (bicyclic) bond motifs is 1. The standard InChI is InChI=1S/C15H18N6O2S/c1-2-6-17-12-4-3-10(24(16,22)23)8-13(12)21-15-11-5-7-18-14(11)19-9-20-15/h3-5,7-9,17H,2,6H2,1H3,(H2,16,22,23)(H2,18,19,20,21). The molecule has 9 heteroatoms. The zero-order chi connectivity index (χ0) is 17.2. The second-order valence-corrected chi connectivity index (χ2v) is 6.83. The van der Waals surface area contributed by atoms with Gasteiger partial charge in [-0.15, -0.1) is 0 Å². The average Bonchev–Trinajstić information content (AvgIpc) is 3.02. The number of primary sulfonamides is 1. The summed E-state index contributed by atoms with van der Waals surface area (Å²) in [5.41, 5.74) is 2.04. The summed E-state index contributed by atoms with van der Waals surface area (Å²) in [4.78, 5) is 11.4. The van der Waals surface area contributed by atoms with E-state index in [4.69, 9.17) is 5.14 Å². The van der Waals surface area contributed by atoms with Crippen LogP contribution in [-0.2, 0) is 10.0 Å². The van der Waals surface area contributed by atoms with Crippen LogP contribution in [0.5, 0.6) is 0 Å². The van der Waals surface area contributed by atoms with Crippen molar-refractivity contribution in [3.05, 3.63) is 36.8 Å². The largest absolute Gasteiger partial charge is 0.383 e. The molecule has 1 aromatic carbocycles. The first-order valence-electron chi connectivity index (χ1n) is 7.45. The Morgan fingerprint density at radius 3 is 2.79 bits per heavy atom. The Labute approximate surface area is 139 Å². The summed E-state index contributed by atoms with van der Waals surface area (Å²) in [6, 6.07) is 6.51. The van der Waals surface area contributed by atoms with E-state index in [1.54, 1.807) is 12.3 Å². The highest BCUT2D eigenvalue weighted by molar-refractivity contribution is 7.89. The molecule has 0 saturated carbocycles. The van der Waals surface area contributed by atoms with E-state index in [9.17, 15) is 8.42 Å². The van der Waals surface area contributed by atoms with Crippen LogP contribution in [0.2, 0.25) is 0 Å². The van der Waals surface area contributed by atoms with Gasteiger partial charge in [0.1, 0.15) is 17.8 Å². The highest BCUT2D eigenvalue weighted by atomic mass is 32.2. The average molecular weight is 346 g/mol. The molecule has 0 unspecified atom stereocenters. The molecule has 3 aromatic rings. The highest BCUT2D eigenvalue weighted by Gasteiger charge is 2.13. The molecule has 0 saturated heterocycles. The lowest BCUT2D eigenvalue weighted by molar-refractivity contribution is 0.598. The number of benzene rings is 1. The minimum absolute atomic E-state index is 0.0337. The summed E-state index contributed by atoms with van der Waals surface area (Å²) in [6.45, 7) is 2.80. The van der Waals surface area contributed by atoms with E-state index in [1.807, 2.05) is 13.0 Å². The van der Waals surface area contributed by atoms with Crippen molar-refractivity contribution in [3.63, 3.8) is 0 Å². The summed E-state index contributed by atoms with van der Waals surface area (Å²) in [6.07, 6.45) is 4.14. The molecular weight excluding hydrogens is 328 g/mol. The van der Waals surface area contributed by atoms with Crippen molar-refractivity contribution < 1.29 is 8.42 Å². The minimum Gasteiger partial charge on any atom is -0.383 e. The monoisotopic (exact) mass is 346 g/mol. The summed E-state index contributed by atoms with van der Waals surface area (Å²) >= 11 is 0. The first-order valence-corrected chi connectivity index (χ1v) is 8.99. The van der Waals surface area contributed by atoms with Gasteiger partial charge >= 0.3 is 0 Å². The van der Waals surface area contributed by atoms with Crippen molar-refractivity contribution in [3.8, 4) is 0 Å². The SMILES string of the molecule is CCCNc1ccc(S(N)(=O)=O)cc1Nc1ncnc2[nH]ccc12. The smallest absolute Gasteiger partial charge is 0.238 e. The van der Waals surface area contributed by atoms with E-state index in [2.05, 4.69) is 25.6 Å². The molecule has 0 bridgehead atoms. The van der Waals surface area contributed by atoms with Crippen LogP contribution in [0.15, 0.2) is 41.7 Å².